The fourth-order valence-corrected chi connectivity index (χ4v) is 3.34. The first-order chi connectivity index (χ1) is 12.1. The number of hydrogen-bond acceptors (Lipinski definition) is 3. The molecule has 1 heterocycles. The average molecular weight is 331 g/mol. The Kier molecular flexibility index (Phi) is 3.53. The van der Waals surface area contributed by atoms with Crippen molar-refractivity contribution in [3.63, 3.8) is 0 Å². The van der Waals surface area contributed by atoms with Gasteiger partial charge in [0.25, 0.3) is 11.8 Å². The summed E-state index contributed by atoms with van der Waals surface area (Å²) in [4.78, 5) is 26.7. The molecule has 124 valence electrons. The van der Waals surface area contributed by atoms with E-state index in [1.54, 1.807) is 31.4 Å². The van der Waals surface area contributed by atoms with Crippen LogP contribution in [-0.4, -0.2) is 23.8 Å². The van der Waals surface area contributed by atoms with E-state index in [1.807, 2.05) is 43.3 Å². The predicted octanol–water partition coefficient (Wildman–Crippen LogP) is 4.21. The van der Waals surface area contributed by atoms with Gasteiger partial charge in [-0.25, -0.2) is 0 Å². The van der Waals surface area contributed by atoms with Gasteiger partial charge < -0.3 is 4.74 Å². The zero-order chi connectivity index (χ0) is 17.6. The number of benzene rings is 3. The summed E-state index contributed by atoms with van der Waals surface area (Å²) in [7, 11) is 1.64. The molecule has 0 N–H and O–H groups in total. The number of rotatable bonds is 3. The molecule has 0 bridgehead atoms. The maximum atomic E-state index is 12.7. The van der Waals surface area contributed by atoms with Crippen LogP contribution in [0.4, 0.5) is 0 Å². The third-order valence-corrected chi connectivity index (χ3v) is 4.77. The average Bonchev–Trinajstić information content (AvgIpc) is 2.91. The Morgan fingerprint density at radius 2 is 1.44 bits per heavy atom. The third kappa shape index (κ3) is 2.38. The van der Waals surface area contributed by atoms with Crippen LogP contribution in [0.1, 0.15) is 39.2 Å². The van der Waals surface area contributed by atoms with Gasteiger partial charge in [-0.15, -0.1) is 0 Å². The summed E-state index contributed by atoms with van der Waals surface area (Å²) in [5.74, 6) is 0.333. The van der Waals surface area contributed by atoms with Gasteiger partial charge in [0.05, 0.1) is 24.3 Å². The minimum absolute atomic E-state index is 0.233. The van der Waals surface area contributed by atoms with Crippen LogP contribution in [0.5, 0.6) is 5.75 Å². The first-order valence-electron chi connectivity index (χ1n) is 8.15. The highest BCUT2D eigenvalue weighted by Crippen LogP contribution is 2.32. The van der Waals surface area contributed by atoms with Crippen molar-refractivity contribution >= 4 is 22.6 Å². The van der Waals surface area contributed by atoms with Gasteiger partial charge in [-0.05, 0) is 53.6 Å². The Morgan fingerprint density at radius 1 is 0.840 bits per heavy atom. The Morgan fingerprint density at radius 3 is 2.08 bits per heavy atom. The summed E-state index contributed by atoms with van der Waals surface area (Å²) in [5, 5.41) is 2.10. The van der Waals surface area contributed by atoms with Gasteiger partial charge in [0.15, 0.2) is 0 Å². The molecule has 25 heavy (non-hydrogen) atoms. The SMILES string of the molecule is COc1ccc2cc([C@@H](C)N3C(=O)c4ccccc4C3=O)ccc2c1. The van der Waals surface area contributed by atoms with Gasteiger partial charge in [-0.1, -0.05) is 30.3 Å². The number of carbonyl (C=O) groups is 2. The van der Waals surface area contributed by atoms with E-state index in [1.165, 1.54) is 4.90 Å². The molecule has 2 amide bonds. The molecule has 3 aromatic carbocycles. The predicted molar refractivity (Wildman–Crippen MR) is 95.9 cm³/mol. The van der Waals surface area contributed by atoms with E-state index in [2.05, 4.69) is 0 Å². The lowest BCUT2D eigenvalue weighted by Gasteiger charge is -2.23. The summed E-state index contributed by atoms with van der Waals surface area (Å²) in [6.07, 6.45) is 0. The van der Waals surface area contributed by atoms with E-state index < -0.39 is 0 Å². The molecule has 1 aliphatic rings. The second-order valence-electron chi connectivity index (χ2n) is 6.17. The van der Waals surface area contributed by atoms with E-state index in [4.69, 9.17) is 4.74 Å². The molecule has 0 aromatic heterocycles. The highest BCUT2D eigenvalue weighted by Gasteiger charge is 2.38. The van der Waals surface area contributed by atoms with Crippen LogP contribution in [0.2, 0.25) is 0 Å². The Bertz CT molecular complexity index is 974. The van der Waals surface area contributed by atoms with Crippen LogP contribution in [0.15, 0.2) is 60.7 Å². The topological polar surface area (TPSA) is 46.6 Å². The first-order valence-corrected chi connectivity index (χ1v) is 8.15. The summed E-state index contributed by atoms with van der Waals surface area (Å²) >= 11 is 0. The number of amides is 2. The lowest BCUT2D eigenvalue weighted by atomic mass is 10.0. The summed E-state index contributed by atoms with van der Waals surface area (Å²) in [6, 6.07) is 18.4. The van der Waals surface area contributed by atoms with Crippen molar-refractivity contribution in [2.75, 3.05) is 7.11 Å². The molecule has 0 saturated carbocycles. The lowest BCUT2D eigenvalue weighted by molar-refractivity contribution is 0.0595. The van der Waals surface area contributed by atoms with Crippen LogP contribution >= 0.6 is 0 Å². The van der Waals surface area contributed by atoms with E-state index in [0.717, 1.165) is 22.1 Å². The van der Waals surface area contributed by atoms with Gasteiger partial charge >= 0.3 is 0 Å². The fourth-order valence-electron chi connectivity index (χ4n) is 3.34. The van der Waals surface area contributed by atoms with Crippen LogP contribution in [0.3, 0.4) is 0 Å². The fraction of sp³-hybridized carbons (Fsp3) is 0.143. The Labute approximate surface area is 145 Å². The van der Waals surface area contributed by atoms with Gasteiger partial charge in [0.1, 0.15) is 5.75 Å². The molecule has 4 nitrogen and oxygen atoms in total. The second-order valence-corrected chi connectivity index (χ2v) is 6.17. The number of methoxy groups -OCH3 is 1. The van der Waals surface area contributed by atoms with Gasteiger partial charge in [0.2, 0.25) is 0 Å². The maximum Gasteiger partial charge on any atom is 0.262 e. The maximum absolute atomic E-state index is 12.7. The molecule has 0 unspecified atom stereocenters. The molecule has 1 atom stereocenters. The van der Waals surface area contributed by atoms with Crippen LogP contribution in [0.25, 0.3) is 10.8 Å². The smallest absolute Gasteiger partial charge is 0.262 e. The van der Waals surface area contributed by atoms with Crippen molar-refractivity contribution in [3.05, 3.63) is 77.4 Å². The number of ether oxygens (including phenoxy) is 1. The number of imide groups is 1. The molecular formula is C21H17NO3. The molecular weight excluding hydrogens is 314 g/mol. The molecule has 0 aliphatic carbocycles. The van der Waals surface area contributed by atoms with Gasteiger partial charge in [0, 0.05) is 0 Å². The van der Waals surface area contributed by atoms with Gasteiger partial charge in [-0.2, -0.15) is 0 Å². The monoisotopic (exact) mass is 331 g/mol. The summed E-state index contributed by atoms with van der Waals surface area (Å²) in [6.45, 7) is 1.88. The van der Waals surface area contributed by atoms with Gasteiger partial charge in [-0.3, -0.25) is 14.5 Å². The molecule has 1 aliphatic heterocycles. The first kappa shape index (κ1) is 15.4. The standard InChI is InChI=1S/C21H17NO3/c1-13(22-20(23)18-5-3-4-6-19(18)21(22)24)14-7-8-16-12-17(25-2)10-9-15(16)11-14/h3-13H,1-2H3/t13-/m1/s1. The van der Waals surface area contributed by atoms with E-state index in [-0.39, 0.29) is 17.9 Å². The summed E-state index contributed by atoms with van der Waals surface area (Å²) in [5.41, 5.74) is 1.88. The highest BCUT2D eigenvalue weighted by molar-refractivity contribution is 6.21. The molecule has 0 radical (unpaired) electrons. The number of hydrogen-bond donors (Lipinski definition) is 0. The quantitative estimate of drug-likeness (QED) is 0.676. The van der Waals surface area contributed by atoms with Crippen LogP contribution < -0.4 is 4.74 Å². The van der Waals surface area contributed by atoms with Crippen molar-refractivity contribution in [3.8, 4) is 5.75 Å². The van der Waals surface area contributed by atoms with E-state index in [0.29, 0.717) is 11.1 Å². The van der Waals surface area contributed by atoms with Crippen molar-refractivity contribution < 1.29 is 14.3 Å². The number of fused-ring (bicyclic) bond motifs is 2. The zero-order valence-corrected chi connectivity index (χ0v) is 14.0. The molecule has 0 fully saturated rings. The zero-order valence-electron chi connectivity index (χ0n) is 14.0. The lowest BCUT2D eigenvalue weighted by Crippen LogP contribution is -2.32. The number of nitrogens with zero attached hydrogens (tertiary/aromatic N) is 1. The van der Waals surface area contributed by atoms with Crippen LogP contribution in [0, 0.1) is 0 Å². The molecule has 4 rings (SSSR count). The minimum atomic E-state index is -0.334. The van der Waals surface area contributed by atoms with Crippen molar-refractivity contribution in [2.45, 2.75) is 13.0 Å². The molecule has 0 spiro atoms. The molecule has 0 saturated heterocycles. The van der Waals surface area contributed by atoms with Crippen molar-refractivity contribution in [1.82, 2.24) is 4.90 Å². The molecule has 4 heteroatoms. The van der Waals surface area contributed by atoms with Crippen LogP contribution in [-0.2, 0) is 0 Å². The summed E-state index contributed by atoms with van der Waals surface area (Å²) < 4.78 is 5.25. The second kappa shape index (κ2) is 5.74. The normalized spacial score (nSPS) is 14.7. The third-order valence-electron chi connectivity index (χ3n) is 4.77. The molecule has 3 aromatic rings. The van der Waals surface area contributed by atoms with Crippen molar-refractivity contribution in [1.29, 1.82) is 0 Å². The Balaban J connectivity index is 1.72. The van der Waals surface area contributed by atoms with E-state index in [9.17, 15) is 9.59 Å². The van der Waals surface area contributed by atoms with Crippen molar-refractivity contribution in [2.24, 2.45) is 0 Å². The largest absolute Gasteiger partial charge is 0.497 e. The number of carbonyl (C=O) groups excluding carboxylic acids is 2. The highest BCUT2D eigenvalue weighted by atomic mass is 16.5. The minimum Gasteiger partial charge on any atom is -0.497 e. The Hall–Kier alpha value is -3.14. The van der Waals surface area contributed by atoms with E-state index >= 15 is 0 Å².